The molecule has 0 bridgehead atoms. The number of hydrogen-bond acceptors (Lipinski definition) is 0. The van der Waals surface area contributed by atoms with Crippen LogP contribution in [-0.4, -0.2) is 7.43 Å². The third-order valence-corrected chi connectivity index (χ3v) is 22.6. The summed E-state index contributed by atoms with van der Waals surface area (Å²) >= 11 is -1.30. The van der Waals surface area contributed by atoms with Crippen molar-refractivity contribution in [3.8, 4) is 0 Å². The molecule has 0 spiro atoms. The van der Waals surface area contributed by atoms with Crippen LogP contribution in [0, 0.1) is 0 Å². The van der Waals surface area contributed by atoms with E-state index in [1.807, 2.05) is 6.66 Å². The molecule has 0 atom stereocenters. The van der Waals surface area contributed by atoms with Crippen molar-refractivity contribution in [1.82, 2.24) is 0 Å². The van der Waals surface area contributed by atoms with Gasteiger partial charge in [-0.2, -0.15) is 0 Å². The van der Waals surface area contributed by atoms with Gasteiger partial charge < -0.3 is 17.0 Å². The molecular weight excluding hydrogens is 407 g/mol. The van der Waals surface area contributed by atoms with E-state index in [2.05, 4.69) is 36.5 Å². The Morgan fingerprint density at radius 2 is 1.46 bits per heavy atom. The Kier molecular flexibility index (Phi) is 4.84. The normalized spacial score (nSPS) is 18.5. The van der Waals surface area contributed by atoms with Gasteiger partial charge in [-0.3, -0.25) is 0 Å². The van der Waals surface area contributed by atoms with Crippen LogP contribution in [0.4, 0.5) is 0 Å². The molecule has 2 rings (SSSR count). The van der Waals surface area contributed by atoms with E-state index >= 15 is 0 Å². The van der Waals surface area contributed by atoms with Gasteiger partial charge in [-0.25, -0.2) is 0 Å². The van der Waals surface area contributed by atoms with Crippen LogP contribution in [0.5, 0.6) is 0 Å². The monoisotopic (exact) mass is 420 g/mol. The van der Waals surface area contributed by atoms with Crippen LogP contribution in [0.15, 0.2) is 43.1 Å². The molecular formula is C10H13BrHfSi. The van der Waals surface area contributed by atoms with Gasteiger partial charge in [0.1, 0.15) is 0 Å². The first-order valence-electron chi connectivity index (χ1n) is 4.43. The van der Waals surface area contributed by atoms with E-state index in [4.69, 9.17) is 0 Å². The summed E-state index contributed by atoms with van der Waals surface area (Å²) in [6.45, 7) is 0. The van der Waals surface area contributed by atoms with E-state index in [0.717, 1.165) is 0 Å². The Morgan fingerprint density at radius 3 is 1.77 bits per heavy atom. The van der Waals surface area contributed by atoms with Gasteiger partial charge in [0.25, 0.3) is 0 Å². The predicted octanol–water partition coefficient (Wildman–Crippen LogP) is -1.42. The SMILES string of the molecule is [Br-].[SiH3][Hf+]([C]1=CC=CC1)[C]1=CC=CC1. The van der Waals surface area contributed by atoms with Crippen LogP contribution in [0.25, 0.3) is 0 Å². The molecule has 0 fully saturated rings. The Balaban J connectivity index is 0.000000845. The summed E-state index contributed by atoms with van der Waals surface area (Å²) in [5.41, 5.74) is 0. The van der Waals surface area contributed by atoms with E-state index in [-0.39, 0.29) is 17.0 Å². The molecule has 2 aliphatic rings. The van der Waals surface area contributed by atoms with Gasteiger partial charge in [0.05, 0.1) is 0 Å². The zero-order valence-electron chi connectivity index (χ0n) is 7.76. The Morgan fingerprint density at radius 1 is 1.00 bits per heavy atom. The molecule has 0 aromatic carbocycles. The average molecular weight is 420 g/mol. The third-order valence-electron chi connectivity index (χ3n) is 2.51. The second-order valence-corrected chi connectivity index (χ2v) is 20.6. The molecule has 0 saturated heterocycles. The van der Waals surface area contributed by atoms with E-state index in [0.29, 0.717) is 0 Å². The first-order chi connectivity index (χ1) is 5.88. The van der Waals surface area contributed by atoms with E-state index in [1.54, 1.807) is 0 Å². The van der Waals surface area contributed by atoms with Crippen LogP contribution in [0.1, 0.15) is 12.8 Å². The number of halogens is 1. The molecule has 2 aliphatic carbocycles. The maximum absolute atomic E-state index is 2.38. The summed E-state index contributed by atoms with van der Waals surface area (Å²) in [7, 11) is 1.47. The molecule has 0 heterocycles. The first kappa shape index (κ1) is 11.6. The predicted molar refractivity (Wildman–Crippen MR) is 53.6 cm³/mol. The fraction of sp³-hybridized carbons (Fsp3) is 0.200. The molecule has 0 saturated carbocycles. The van der Waals surface area contributed by atoms with Crippen LogP contribution < -0.4 is 17.0 Å². The molecule has 0 aromatic heterocycles. The average Bonchev–Trinajstić information content (AvgIpc) is 2.77. The minimum absolute atomic E-state index is 0. The van der Waals surface area contributed by atoms with Crippen molar-refractivity contribution >= 4 is 7.43 Å². The van der Waals surface area contributed by atoms with Crippen LogP contribution in [0.2, 0.25) is 0 Å². The molecule has 0 unspecified atom stereocenters. The number of allylic oxidation sites excluding steroid dienone is 8. The molecule has 13 heavy (non-hydrogen) atoms. The molecule has 0 nitrogen and oxygen atoms in total. The second kappa shape index (κ2) is 5.42. The Hall–Kier alpha value is 0.527. The van der Waals surface area contributed by atoms with Crippen molar-refractivity contribution in [2.24, 2.45) is 0 Å². The second-order valence-electron chi connectivity index (χ2n) is 3.27. The summed E-state index contributed by atoms with van der Waals surface area (Å²) in [5.74, 6) is 0. The van der Waals surface area contributed by atoms with Gasteiger partial charge in [-0.05, 0) is 0 Å². The van der Waals surface area contributed by atoms with Crippen molar-refractivity contribution in [2.75, 3.05) is 0 Å². The van der Waals surface area contributed by atoms with E-state index in [9.17, 15) is 0 Å². The maximum atomic E-state index is 2.38. The van der Waals surface area contributed by atoms with Crippen molar-refractivity contribution in [1.29, 1.82) is 0 Å². The van der Waals surface area contributed by atoms with Gasteiger partial charge in [0, 0.05) is 0 Å². The topological polar surface area (TPSA) is 0 Å². The van der Waals surface area contributed by atoms with Crippen LogP contribution >= 0.6 is 0 Å². The van der Waals surface area contributed by atoms with Gasteiger partial charge >= 0.3 is 84.0 Å². The Bertz CT molecular complexity index is 272. The fourth-order valence-electron chi connectivity index (χ4n) is 1.66. The molecule has 3 heteroatoms. The standard InChI is InChI=1S/2C5H5.BrH.Hf.H3Si/c2*1-2-4-5-3-1;;;/h2*1-3H,4H2;1H;;1H3/q;;;+1;/p-1. The molecule has 0 aliphatic heterocycles. The van der Waals surface area contributed by atoms with Crippen molar-refractivity contribution in [3.05, 3.63) is 43.1 Å². The van der Waals surface area contributed by atoms with Gasteiger partial charge in [0.2, 0.25) is 0 Å². The quantitative estimate of drug-likeness (QED) is 0.482. The van der Waals surface area contributed by atoms with Crippen LogP contribution in [-0.2, 0) is 20.6 Å². The van der Waals surface area contributed by atoms with Gasteiger partial charge in [-0.15, -0.1) is 0 Å². The summed E-state index contributed by atoms with van der Waals surface area (Å²) in [6.07, 6.45) is 16.4. The first-order valence-corrected chi connectivity index (χ1v) is 19.8. The van der Waals surface area contributed by atoms with E-state index < -0.39 is 20.6 Å². The van der Waals surface area contributed by atoms with Crippen molar-refractivity contribution in [3.63, 3.8) is 0 Å². The van der Waals surface area contributed by atoms with E-state index in [1.165, 1.54) is 20.3 Å². The zero-order valence-corrected chi connectivity index (χ0v) is 14.9. The van der Waals surface area contributed by atoms with Crippen LogP contribution in [0.3, 0.4) is 0 Å². The minimum atomic E-state index is -1.30. The number of rotatable bonds is 2. The fourth-order valence-corrected chi connectivity index (χ4v) is 14.7. The third kappa shape index (κ3) is 2.74. The molecule has 0 amide bonds. The number of hydrogen-bond donors (Lipinski definition) is 0. The Labute approximate surface area is 100 Å². The van der Waals surface area contributed by atoms with Crippen molar-refractivity contribution < 1.29 is 37.6 Å². The molecule has 68 valence electrons. The van der Waals surface area contributed by atoms with Gasteiger partial charge in [-0.1, -0.05) is 0 Å². The summed E-state index contributed by atoms with van der Waals surface area (Å²) in [5, 5.41) is 0. The summed E-state index contributed by atoms with van der Waals surface area (Å²) in [4.78, 5) is 0. The molecule has 0 aromatic rings. The van der Waals surface area contributed by atoms with Gasteiger partial charge in [0.15, 0.2) is 0 Å². The summed E-state index contributed by atoms with van der Waals surface area (Å²) in [6, 6.07) is 0. The zero-order chi connectivity index (χ0) is 8.39. The summed E-state index contributed by atoms with van der Waals surface area (Å²) < 4.78 is 3.67. The molecule has 0 N–H and O–H groups in total. The van der Waals surface area contributed by atoms with Crippen molar-refractivity contribution in [2.45, 2.75) is 12.8 Å². The molecule has 0 radical (unpaired) electrons.